The fourth-order valence-corrected chi connectivity index (χ4v) is 3.27. The number of hydrogen-bond acceptors (Lipinski definition) is 3. The van der Waals surface area contributed by atoms with Crippen LogP contribution in [0.3, 0.4) is 0 Å². The van der Waals surface area contributed by atoms with Gasteiger partial charge < -0.3 is 15.0 Å². The van der Waals surface area contributed by atoms with Crippen LogP contribution in [-0.2, 0) is 16.1 Å². The summed E-state index contributed by atoms with van der Waals surface area (Å²) in [5, 5.41) is 3.71. The smallest absolute Gasteiger partial charge is 0.261 e. The Kier molecular flexibility index (Phi) is 9.59. The zero-order chi connectivity index (χ0) is 23.0. The summed E-state index contributed by atoms with van der Waals surface area (Å²) < 4.78 is 18.6. The van der Waals surface area contributed by atoms with E-state index in [-0.39, 0.29) is 31.0 Å². The molecular weight excluding hydrogens is 442 g/mol. The Hall–Kier alpha value is -2.31. The molecule has 1 N–H and O–H groups in total. The van der Waals surface area contributed by atoms with Crippen molar-refractivity contribution < 1.29 is 18.7 Å². The highest BCUT2D eigenvalue weighted by Gasteiger charge is 2.29. The molecule has 0 bridgehead atoms. The lowest BCUT2D eigenvalue weighted by atomic mass is 10.1. The zero-order valence-electron chi connectivity index (χ0n) is 17.8. The molecule has 0 unspecified atom stereocenters. The Morgan fingerprint density at radius 1 is 1.06 bits per heavy atom. The van der Waals surface area contributed by atoms with Crippen LogP contribution in [0.4, 0.5) is 4.39 Å². The first-order valence-electron chi connectivity index (χ1n) is 10.2. The van der Waals surface area contributed by atoms with Crippen LogP contribution >= 0.6 is 23.2 Å². The molecule has 2 aromatic carbocycles. The van der Waals surface area contributed by atoms with Crippen molar-refractivity contribution >= 4 is 35.0 Å². The molecule has 0 heterocycles. The van der Waals surface area contributed by atoms with Crippen molar-refractivity contribution in [2.75, 3.05) is 6.61 Å². The average molecular weight is 469 g/mol. The molecule has 31 heavy (non-hydrogen) atoms. The van der Waals surface area contributed by atoms with Gasteiger partial charge in [-0.1, -0.05) is 43.1 Å². The Morgan fingerprint density at radius 2 is 1.74 bits per heavy atom. The molecular formula is C23H27Cl2FN2O3. The number of halogens is 3. The highest BCUT2D eigenvalue weighted by molar-refractivity contribution is 6.42. The standard InChI is InChI=1S/C23H27Cl2FN2O3/c1-4-15(3)27-23(30)21(5-2)28(13-16-6-11-19(24)20(25)12-16)22(29)14-31-18-9-7-17(26)8-10-18/h6-12,15,21H,4-5,13-14H2,1-3H3,(H,27,30)/t15-,21-/m0/s1. The maximum atomic E-state index is 13.1. The molecule has 0 spiro atoms. The van der Waals surface area contributed by atoms with E-state index < -0.39 is 11.9 Å². The van der Waals surface area contributed by atoms with E-state index in [0.29, 0.717) is 22.2 Å². The topological polar surface area (TPSA) is 58.6 Å². The van der Waals surface area contributed by atoms with Gasteiger partial charge in [0.05, 0.1) is 10.0 Å². The van der Waals surface area contributed by atoms with Crippen LogP contribution in [0.15, 0.2) is 42.5 Å². The van der Waals surface area contributed by atoms with E-state index in [1.807, 2.05) is 20.8 Å². The molecule has 0 aliphatic rings. The SMILES string of the molecule is CC[C@H](C)NC(=O)[C@H](CC)N(Cc1ccc(Cl)c(Cl)c1)C(=O)COc1ccc(F)cc1. The summed E-state index contributed by atoms with van der Waals surface area (Å²) >= 11 is 12.1. The van der Waals surface area contributed by atoms with Crippen molar-refractivity contribution in [1.29, 1.82) is 0 Å². The van der Waals surface area contributed by atoms with Crippen LogP contribution in [0.5, 0.6) is 5.75 Å². The lowest BCUT2D eigenvalue weighted by Crippen LogP contribution is -2.51. The maximum absolute atomic E-state index is 13.1. The summed E-state index contributed by atoms with van der Waals surface area (Å²) in [4.78, 5) is 27.4. The molecule has 8 heteroatoms. The van der Waals surface area contributed by atoms with Gasteiger partial charge in [0.25, 0.3) is 5.91 Å². The predicted octanol–water partition coefficient (Wildman–Crippen LogP) is 5.23. The fourth-order valence-electron chi connectivity index (χ4n) is 2.95. The first kappa shape index (κ1) is 25.0. The molecule has 0 aliphatic carbocycles. The molecule has 0 saturated carbocycles. The van der Waals surface area contributed by atoms with Gasteiger partial charge in [-0.05, 0) is 61.7 Å². The highest BCUT2D eigenvalue weighted by atomic mass is 35.5. The summed E-state index contributed by atoms with van der Waals surface area (Å²) in [5.74, 6) is -0.636. The van der Waals surface area contributed by atoms with Gasteiger partial charge in [0.1, 0.15) is 17.6 Å². The van der Waals surface area contributed by atoms with Gasteiger partial charge in [0, 0.05) is 12.6 Å². The monoisotopic (exact) mass is 468 g/mol. The maximum Gasteiger partial charge on any atom is 0.261 e. The van der Waals surface area contributed by atoms with E-state index in [4.69, 9.17) is 27.9 Å². The Morgan fingerprint density at radius 3 is 2.32 bits per heavy atom. The van der Waals surface area contributed by atoms with Crippen LogP contribution in [0.25, 0.3) is 0 Å². The number of hydrogen-bond donors (Lipinski definition) is 1. The number of carbonyl (C=O) groups excluding carboxylic acids is 2. The number of benzene rings is 2. The van der Waals surface area contributed by atoms with Crippen LogP contribution in [0, 0.1) is 5.82 Å². The number of carbonyl (C=O) groups is 2. The Balaban J connectivity index is 2.23. The quantitative estimate of drug-likeness (QED) is 0.518. The minimum absolute atomic E-state index is 0.0149. The summed E-state index contributed by atoms with van der Waals surface area (Å²) in [6, 6.07) is 9.77. The third-order valence-corrected chi connectivity index (χ3v) is 5.64. The van der Waals surface area contributed by atoms with Gasteiger partial charge in [0.2, 0.25) is 5.91 Å². The first-order valence-corrected chi connectivity index (χ1v) is 10.9. The number of ether oxygens (including phenoxy) is 1. The second kappa shape index (κ2) is 11.9. The molecule has 0 saturated heterocycles. The van der Waals surface area contributed by atoms with Crippen molar-refractivity contribution in [3.8, 4) is 5.75 Å². The van der Waals surface area contributed by atoms with Crippen molar-refractivity contribution in [3.63, 3.8) is 0 Å². The number of nitrogens with zero attached hydrogens (tertiary/aromatic N) is 1. The summed E-state index contributed by atoms with van der Waals surface area (Å²) in [6.07, 6.45) is 1.20. The predicted molar refractivity (Wildman–Crippen MR) is 121 cm³/mol. The third-order valence-electron chi connectivity index (χ3n) is 4.90. The molecule has 2 atom stereocenters. The minimum Gasteiger partial charge on any atom is -0.484 e. The number of amides is 2. The summed E-state index contributed by atoms with van der Waals surface area (Å²) in [7, 11) is 0. The van der Waals surface area contributed by atoms with Crippen LogP contribution in [0.2, 0.25) is 10.0 Å². The number of nitrogens with one attached hydrogen (secondary N) is 1. The van der Waals surface area contributed by atoms with E-state index in [2.05, 4.69) is 5.32 Å². The Labute approximate surface area is 192 Å². The Bertz CT molecular complexity index is 893. The lowest BCUT2D eigenvalue weighted by molar-refractivity contribution is -0.143. The van der Waals surface area contributed by atoms with Gasteiger partial charge in [0.15, 0.2) is 6.61 Å². The third kappa shape index (κ3) is 7.40. The molecule has 0 radical (unpaired) electrons. The molecule has 2 aromatic rings. The van der Waals surface area contributed by atoms with Crippen LogP contribution < -0.4 is 10.1 Å². The van der Waals surface area contributed by atoms with Gasteiger partial charge in [-0.25, -0.2) is 4.39 Å². The van der Waals surface area contributed by atoms with Crippen molar-refractivity contribution in [3.05, 3.63) is 63.9 Å². The van der Waals surface area contributed by atoms with Gasteiger partial charge in [-0.3, -0.25) is 9.59 Å². The lowest BCUT2D eigenvalue weighted by Gasteiger charge is -2.31. The van der Waals surface area contributed by atoms with Crippen LogP contribution in [-0.4, -0.2) is 35.4 Å². The average Bonchev–Trinajstić information content (AvgIpc) is 2.75. The summed E-state index contributed by atoms with van der Waals surface area (Å²) in [6.45, 7) is 5.60. The first-order chi connectivity index (χ1) is 14.7. The van der Waals surface area contributed by atoms with Crippen molar-refractivity contribution in [1.82, 2.24) is 10.2 Å². The van der Waals surface area contributed by atoms with Crippen molar-refractivity contribution in [2.45, 2.75) is 52.2 Å². The zero-order valence-corrected chi connectivity index (χ0v) is 19.3. The largest absolute Gasteiger partial charge is 0.484 e. The van der Waals surface area contributed by atoms with Crippen molar-refractivity contribution in [2.24, 2.45) is 0 Å². The second-order valence-corrected chi connectivity index (χ2v) is 8.07. The molecule has 0 fully saturated rings. The molecule has 2 amide bonds. The van der Waals surface area contributed by atoms with E-state index in [9.17, 15) is 14.0 Å². The van der Waals surface area contributed by atoms with E-state index in [1.165, 1.54) is 29.2 Å². The van der Waals surface area contributed by atoms with Gasteiger partial charge in [-0.2, -0.15) is 0 Å². The highest BCUT2D eigenvalue weighted by Crippen LogP contribution is 2.24. The molecule has 5 nitrogen and oxygen atoms in total. The molecule has 2 rings (SSSR count). The molecule has 0 aliphatic heterocycles. The van der Waals surface area contributed by atoms with Gasteiger partial charge in [-0.15, -0.1) is 0 Å². The van der Waals surface area contributed by atoms with E-state index >= 15 is 0 Å². The number of rotatable bonds is 10. The normalized spacial score (nSPS) is 12.7. The van der Waals surface area contributed by atoms with Crippen LogP contribution in [0.1, 0.15) is 39.2 Å². The molecule has 168 valence electrons. The second-order valence-electron chi connectivity index (χ2n) is 7.25. The fraction of sp³-hybridized carbons (Fsp3) is 0.391. The molecule has 0 aromatic heterocycles. The summed E-state index contributed by atoms with van der Waals surface area (Å²) in [5.41, 5.74) is 0.735. The van der Waals surface area contributed by atoms with Gasteiger partial charge >= 0.3 is 0 Å². The van der Waals surface area contributed by atoms with E-state index in [0.717, 1.165) is 12.0 Å². The van der Waals surface area contributed by atoms with E-state index in [1.54, 1.807) is 18.2 Å². The minimum atomic E-state index is -0.687.